The van der Waals surface area contributed by atoms with Crippen molar-refractivity contribution in [1.29, 1.82) is 5.26 Å². The number of likely N-dealkylation sites (tertiary alicyclic amines) is 1. The number of nitrogens with zero attached hydrogens (tertiary/aromatic N) is 3. The van der Waals surface area contributed by atoms with Crippen molar-refractivity contribution in [2.24, 2.45) is 11.8 Å². The fraction of sp³-hybridized carbons (Fsp3) is 0.667. The van der Waals surface area contributed by atoms with Gasteiger partial charge in [0, 0.05) is 38.3 Å². The van der Waals surface area contributed by atoms with Gasteiger partial charge in [-0.25, -0.2) is 4.79 Å². The van der Waals surface area contributed by atoms with Gasteiger partial charge in [-0.15, -0.1) is 0 Å². The van der Waals surface area contributed by atoms with Crippen molar-refractivity contribution in [2.75, 3.05) is 38.2 Å². The van der Waals surface area contributed by atoms with Crippen LogP contribution in [-0.2, 0) is 14.3 Å². The highest BCUT2D eigenvalue weighted by Crippen LogP contribution is 2.35. The number of esters is 1. The third-order valence-corrected chi connectivity index (χ3v) is 7.09. The Morgan fingerprint density at radius 2 is 1.59 bits per heavy atom. The van der Waals surface area contributed by atoms with Gasteiger partial charge in [0.05, 0.1) is 19.1 Å². The molecule has 1 unspecified atom stereocenters. The van der Waals surface area contributed by atoms with E-state index in [1.54, 1.807) is 0 Å². The van der Waals surface area contributed by atoms with Crippen LogP contribution in [0, 0.1) is 23.2 Å². The van der Waals surface area contributed by atoms with E-state index in [1.165, 1.54) is 12.8 Å². The number of ether oxygens (including phenoxy) is 2. The molecule has 2 saturated heterocycles. The number of hydrogen-bond acceptors (Lipinski definition) is 6. The Balaban J connectivity index is 1.49. The molecule has 2 fully saturated rings. The molecule has 3 rings (SSSR count). The van der Waals surface area contributed by atoms with Crippen LogP contribution in [0.2, 0.25) is 0 Å². The van der Waals surface area contributed by atoms with Gasteiger partial charge in [0.25, 0.3) is 0 Å². The molecule has 7 heteroatoms. The van der Waals surface area contributed by atoms with Crippen molar-refractivity contribution in [3.05, 3.63) is 29.8 Å². The number of anilines is 1. The van der Waals surface area contributed by atoms with Crippen molar-refractivity contribution >= 4 is 17.7 Å². The fourth-order valence-corrected chi connectivity index (χ4v) is 5.20. The zero-order valence-corrected chi connectivity index (χ0v) is 21.1. The zero-order valence-electron chi connectivity index (χ0n) is 21.1. The average Bonchev–Trinajstić information content (AvgIpc) is 2.83. The van der Waals surface area contributed by atoms with Gasteiger partial charge >= 0.3 is 12.1 Å². The predicted octanol–water partition coefficient (Wildman–Crippen LogP) is 5.11. The summed E-state index contributed by atoms with van der Waals surface area (Å²) in [4.78, 5) is 28.7. The Kier molecular flexibility index (Phi) is 8.82. The SMILES string of the molecule is COC(=O)C(CCC#N)c1ccc(N2CCC(C3CCN(C(=O)OC(C)(C)C)CC3)CC2)cc1. The summed E-state index contributed by atoms with van der Waals surface area (Å²) in [6.45, 7) is 9.33. The minimum atomic E-state index is -0.449. The number of nitriles is 1. The van der Waals surface area contributed by atoms with E-state index in [0.717, 1.165) is 57.4 Å². The molecule has 0 spiro atoms. The first-order chi connectivity index (χ1) is 16.2. The lowest BCUT2D eigenvalue weighted by Crippen LogP contribution is -2.44. The Morgan fingerprint density at radius 3 is 2.09 bits per heavy atom. The Hall–Kier alpha value is -2.75. The molecular weight excluding hydrogens is 430 g/mol. The standard InChI is InChI=1S/C27H39N3O4/c1-27(2,3)34-26(32)30-18-13-21(14-19-30)20-11-16-29(17-12-20)23-9-7-22(8-10-23)24(6-5-15-28)25(31)33-4/h7-10,20-21,24H,5-6,11-14,16-19H2,1-4H3. The highest BCUT2D eigenvalue weighted by atomic mass is 16.6. The minimum absolute atomic E-state index is 0.189. The third-order valence-electron chi connectivity index (χ3n) is 7.09. The second-order valence-corrected chi connectivity index (χ2v) is 10.5. The molecule has 186 valence electrons. The van der Waals surface area contributed by atoms with Gasteiger partial charge in [0.2, 0.25) is 0 Å². The molecule has 1 aromatic carbocycles. The Labute approximate surface area is 204 Å². The van der Waals surface area contributed by atoms with Gasteiger partial charge in [-0.05, 0) is 82.4 Å². The van der Waals surface area contributed by atoms with Crippen molar-refractivity contribution < 1.29 is 19.1 Å². The first-order valence-electron chi connectivity index (χ1n) is 12.5. The monoisotopic (exact) mass is 469 g/mol. The van der Waals surface area contributed by atoms with Gasteiger partial charge in [0.15, 0.2) is 0 Å². The van der Waals surface area contributed by atoms with Crippen molar-refractivity contribution in [3.8, 4) is 6.07 Å². The molecule has 2 aliphatic heterocycles. The molecule has 0 aliphatic carbocycles. The normalized spacial score (nSPS) is 18.8. The summed E-state index contributed by atoms with van der Waals surface area (Å²) in [5.41, 5.74) is 1.62. The Morgan fingerprint density at radius 1 is 1.03 bits per heavy atom. The van der Waals surface area contributed by atoms with Crippen molar-refractivity contribution in [2.45, 2.75) is 70.8 Å². The quantitative estimate of drug-likeness (QED) is 0.539. The second kappa shape index (κ2) is 11.6. The van der Waals surface area contributed by atoms with Crippen LogP contribution in [0.15, 0.2) is 24.3 Å². The van der Waals surface area contributed by atoms with Crippen LogP contribution < -0.4 is 4.90 Å². The maximum atomic E-state index is 12.3. The molecule has 0 saturated carbocycles. The molecule has 0 radical (unpaired) electrons. The number of carbonyl (C=O) groups is 2. The summed E-state index contributed by atoms with van der Waals surface area (Å²) < 4.78 is 10.5. The van der Waals surface area contributed by atoms with E-state index in [2.05, 4.69) is 23.1 Å². The van der Waals surface area contributed by atoms with Crippen LogP contribution in [0.1, 0.15) is 70.8 Å². The minimum Gasteiger partial charge on any atom is -0.469 e. The molecular formula is C27H39N3O4. The number of hydrogen-bond donors (Lipinski definition) is 0. The first-order valence-corrected chi connectivity index (χ1v) is 12.5. The lowest BCUT2D eigenvalue weighted by atomic mass is 9.79. The smallest absolute Gasteiger partial charge is 0.410 e. The lowest BCUT2D eigenvalue weighted by Gasteiger charge is -2.41. The summed E-state index contributed by atoms with van der Waals surface area (Å²) in [6.07, 6.45) is 5.03. The number of rotatable bonds is 6. The van der Waals surface area contributed by atoms with Crippen LogP contribution in [0.5, 0.6) is 0 Å². The summed E-state index contributed by atoms with van der Waals surface area (Å²) >= 11 is 0. The maximum Gasteiger partial charge on any atom is 0.410 e. The molecule has 1 atom stereocenters. The predicted molar refractivity (Wildman–Crippen MR) is 132 cm³/mol. The molecule has 2 aliphatic rings. The van der Waals surface area contributed by atoms with E-state index in [-0.39, 0.29) is 12.1 Å². The van der Waals surface area contributed by atoms with Crippen LogP contribution in [0.25, 0.3) is 0 Å². The van der Waals surface area contributed by atoms with Crippen molar-refractivity contribution in [3.63, 3.8) is 0 Å². The molecule has 0 bridgehead atoms. The number of methoxy groups -OCH3 is 1. The molecule has 0 aromatic heterocycles. The van der Waals surface area contributed by atoms with E-state index >= 15 is 0 Å². The Bertz CT molecular complexity index is 855. The second-order valence-electron chi connectivity index (χ2n) is 10.5. The van der Waals surface area contributed by atoms with Gasteiger partial charge in [0.1, 0.15) is 5.60 Å². The molecule has 7 nitrogen and oxygen atoms in total. The molecule has 1 amide bonds. The van der Waals surface area contributed by atoms with Gasteiger partial charge in [-0.3, -0.25) is 4.79 Å². The molecule has 2 heterocycles. The number of piperidine rings is 2. The summed E-state index contributed by atoms with van der Waals surface area (Å²) in [6, 6.07) is 10.3. The van der Waals surface area contributed by atoms with Crippen LogP contribution >= 0.6 is 0 Å². The topological polar surface area (TPSA) is 82.9 Å². The van der Waals surface area contributed by atoms with Gasteiger partial charge in [-0.1, -0.05) is 12.1 Å². The summed E-state index contributed by atoms with van der Waals surface area (Å²) in [5.74, 6) is 0.688. The summed E-state index contributed by atoms with van der Waals surface area (Å²) in [7, 11) is 1.39. The fourth-order valence-electron chi connectivity index (χ4n) is 5.20. The zero-order chi connectivity index (χ0) is 24.7. The molecule has 0 N–H and O–H groups in total. The average molecular weight is 470 g/mol. The van der Waals surface area contributed by atoms with Crippen LogP contribution in [0.4, 0.5) is 10.5 Å². The van der Waals surface area contributed by atoms with E-state index in [4.69, 9.17) is 14.7 Å². The maximum absolute atomic E-state index is 12.3. The van der Waals surface area contributed by atoms with E-state index < -0.39 is 11.5 Å². The van der Waals surface area contributed by atoms with Crippen molar-refractivity contribution in [1.82, 2.24) is 4.90 Å². The van der Waals surface area contributed by atoms with E-state index in [0.29, 0.717) is 24.7 Å². The van der Waals surface area contributed by atoms with Crippen LogP contribution in [0.3, 0.4) is 0 Å². The number of carbonyl (C=O) groups excluding carboxylic acids is 2. The third kappa shape index (κ3) is 6.88. The summed E-state index contributed by atoms with van der Waals surface area (Å²) in [5, 5.41) is 8.89. The first kappa shape index (κ1) is 25.9. The van der Waals surface area contributed by atoms with Crippen LogP contribution in [-0.4, -0.2) is 55.9 Å². The highest BCUT2D eigenvalue weighted by molar-refractivity contribution is 5.78. The van der Waals surface area contributed by atoms with E-state index in [1.807, 2.05) is 37.8 Å². The van der Waals surface area contributed by atoms with Gasteiger partial charge < -0.3 is 19.3 Å². The lowest BCUT2D eigenvalue weighted by molar-refractivity contribution is -0.142. The number of benzene rings is 1. The number of amides is 1. The largest absolute Gasteiger partial charge is 0.469 e. The molecule has 34 heavy (non-hydrogen) atoms. The van der Waals surface area contributed by atoms with E-state index in [9.17, 15) is 9.59 Å². The molecule has 1 aromatic rings. The highest BCUT2D eigenvalue weighted by Gasteiger charge is 2.32. The van der Waals surface area contributed by atoms with Gasteiger partial charge in [-0.2, -0.15) is 5.26 Å².